The van der Waals surface area contributed by atoms with E-state index < -0.39 is 5.41 Å². The average Bonchev–Trinajstić information content (AvgIpc) is 3.44. The highest BCUT2D eigenvalue weighted by atomic mass is 35.5. The number of amides is 1. The number of halogens is 1. The van der Waals surface area contributed by atoms with Gasteiger partial charge >= 0.3 is 5.97 Å². The van der Waals surface area contributed by atoms with Crippen molar-refractivity contribution in [3.63, 3.8) is 0 Å². The minimum absolute atomic E-state index is 0.213. The van der Waals surface area contributed by atoms with Crippen LogP contribution >= 0.6 is 11.6 Å². The van der Waals surface area contributed by atoms with E-state index in [4.69, 9.17) is 16.3 Å². The van der Waals surface area contributed by atoms with Crippen molar-refractivity contribution in [1.29, 1.82) is 0 Å². The monoisotopic (exact) mass is 385 g/mol. The first-order valence-corrected chi connectivity index (χ1v) is 9.43. The van der Waals surface area contributed by atoms with E-state index in [1.807, 2.05) is 38.1 Å². The van der Waals surface area contributed by atoms with Crippen molar-refractivity contribution in [2.75, 3.05) is 13.7 Å². The molecule has 0 unspecified atom stereocenters. The lowest BCUT2D eigenvalue weighted by Crippen LogP contribution is -2.33. The summed E-state index contributed by atoms with van der Waals surface area (Å²) in [6.45, 7) is 4.32. The van der Waals surface area contributed by atoms with Crippen LogP contribution in [0.1, 0.15) is 35.1 Å². The summed E-state index contributed by atoms with van der Waals surface area (Å²) in [4.78, 5) is 26.5. The molecule has 1 amide bonds. The maximum Gasteiger partial charge on any atom is 0.317 e. The lowest BCUT2D eigenvalue weighted by Gasteiger charge is -2.20. The second kappa shape index (κ2) is 7.73. The standard InChI is InChI=1S/C22H24ClNO3/c1-15-4-5-17(16(2)12-15)13-24(3)20(25)14-27-21(26)22(10-11-22)18-6-8-19(23)9-7-18/h4-9,12H,10-11,13-14H2,1-3H3. The third-order valence-electron chi connectivity index (χ3n) is 5.20. The summed E-state index contributed by atoms with van der Waals surface area (Å²) in [7, 11) is 1.72. The van der Waals surface area contributed by atoms with Gasteiger partial charge in [-0.25, -0.2) is 0 Å². The normalized spacial score (nSPS) is 14.5. The second-order valence-corrected chi connectivity index (χ2v) is 7.78. The fourth-order valence-electron chi connectivity index (χ4n) is 3.25. The van der Waals surface area contributed by atoms with E-state index in [1.54, 1.807) is 24.1 Å². The molecule has 1 fully saturated rings. The minimum Gasteiger partial charge on any atom is -0.455 e. The maximum atomic E-state index is 12.6. The number of esters is 1. The second-order valence-electron chi connectivity index (χ2n) is 7.34. The molecule has 0 atom stereocenters. The van der Waals surface area contributed by atoms with Gasteiger partial charge < -0.3 is 9.64 Å². The zero-order chi connectivity index (χ0) is 19.6. The largest absolute Gasteiger partial charge is 0.455 e. The van der Waals surface area contributed by atoms with Crippen molar-refractivity contribution in [3.05, 3.63) is 69.7 Å². The van der Waals surface area contributed by atoms with Gasteiger partial charge in [0, 0.05) is 18.6 Å². The Balaban J connectivity index is 1.56. The van der Waals surface area contributed by atoms with Gasteiger partial charge in [0.25, 0.3) is 5.91 Å². The van der Waals surface area contributed by atoms with Gasteiger partial charge in [-0.2, -0.15) is 0 Å². The molecule has 0 spiro atoms. The van der Waals surface area contributed by atoms with Gasteiger partial charge in [0.05, 0.1) is 5.41 Å². The number of ether oxygens (including phenoxy) is 1. The lowest BCUT2D eigenvalue weighted by atomic mass is 9.96. The van der Waals surface area contributed by atoms with E-state index in [1.165, 1.54) is 5.56 Å². The molecule has 142 valence electrons. The Morgan fingerprint density at radius 1 is 1.11 bits per heavy atom. The van der Waals surface area contributed by atoms with Gasteiger partial charge in [-0.3, -0.25) is 9.59 Å². The van der Waals surface area contributed by atoms with Crippen molar-refractivity contribution in [2.24, 2.45) is 0 Å². The zero-order valence-corrected chi connectivity index (χ0v) is 16.7. The quantitative estimate of drug-likeness (QED) is 0.700. The van der Waals surface area contributed by atoms with Crippen LogP contribution in [0.4, 0.5) is 0 Å². The predicted molar refractivity (Wildman–Crippen MR) is 106 cm³/mol. The Labute approximate surface area is 165 Å². The molecular weight excluding hydrogens is 362 g/mol. The fourth-order valence-corrected chi connectivity index (χ4v) is 3.37. The van der Waals surface area contributed by atoms with Crippen LogP contribution in [-0.4, -0.2) is 30.4 Å². The van der Waals surface area contributed by atoms with Gasteiger partial charge in [-0.1, -0.05) is 47.5 Å². The highest BCUT2D eigenvalue weighted by Crippen LogP contribution is 2.49. The Kier molecular flexibility index (Phi) is 5.56. The van der Waals surface area contributed by atoms with E-state index in [0.29, 0.717) is 11.6 Å². The number of likely N-dealkylation sites (N-methyl/N-ethyl adjacent to an activating group) is 1. The molecule has 5 heteroatoms. The average molecular weight is 386 g/mol. The molecule has 0 heterocycles. The Morgan fingerprint density at radius 3 is 2.37 bits per heavy atom. The molecule has 2 aromatic rings. The van der Waals surface area contributed by atoms with Crippen LogP contribution < -0.4 is 0 Å². The number of hydrogen-bond acceptors (Lipinski definition) is 3. The number of hydrogen-bond donors (Lipinski definition) is 0. The topological polar surface area (TPSA) is 46.6 Å². The summed E-state index contributed by atoms with van der Waals surface area (Å²) in [5.41, 5.74) is 3.70. The van der Waals surface area contributed by atoms with E-state index in [9.17, 15) is 9.59 Å². The van der Waals surface area contributed by atoms with Crippen LogP contribution in [0.3, 0.4) is 0 Å². The van der Waals surface area contributed by atoms with Gasteiger partial charge in [0.1, 0.15) is 0 Å². The fraction of sp³-hybridized carbons (Fsp3) is 0.364. The molecule has 0 aromatic heterocycles. The Hall–Kier alpha value is -2.33. The number of benzene rings is 2. The van der Waals surface area contributed by atoms with Gasteiger partial charge in [0.15, 0.2) is 6.61 Å². The van der Waals surface area contributed by atoms with E-state index in [2.05, 4.69) is 6.07 Å². The summed E-state index contributed by atoms with van der Waals surface area (Å²) < 4.78 is 5.36. The summed E-state index contributed by atoms with van der Waals surface area (Å²) in [5, 5.41) is 0.631. The van der Waals surface area contributed by atoms with Crippen LogP contribution in [0.5, 0.6) is 0 Å². The van der Waals surface area contributed by atoms with Crippen molar-refractivity contribution in [3.8, 4) is 0 Å². The SMILES string of the molecule is Cc1ccc(CN(C)C(=O)COC(=O)C2(c3ccc(Cl)cc3)CC2)c(C)c1. The highest BCUT2D eigenvalue weighted by molar-refractivity contribution is 6.30. The first-order valence-electron chi connectivity index (χ1n) is 9.05. The first-order chi connectivity index (χ1) is 12.8. The number of aryl methyl sites for hydroxylation is 2. The molecule has 0 N–H and O–H groups in total. The molecule has 27 heavy (non-hydrogen) atoms. The molecule has 0 radical (unpaired) electrons. The summed E-state index contributed by atoms with van der Waals surface area (Å²) in [6.07, 6.45) is 1.47. The smallest absolute Gasteiger partial charge is 0.317 e. The molecule has 0 aliphatic heterocycles. The van der Waals surface area contributed by atoms with Crippen molar-refractivity contribution in [2.45, 2.75) is 38.6 Å². The van der Waals surface area contributed by atoms with Crippen LogP contribution in [-0.2, 0) is 26.3 Å². The molecule has 0 bridgehead atoms. The van der Waals surface area contributed by atoms with Gasteiger partial charge in [-0.05, 0) is 55.5 Å². The number of carbonyl (C=O) groups is 2. The first kappa shape index (κ1) is 19.4. The van der Waals surface area contributed by atoms with E-state index in [-0.39, 0.29) is 18.5 Å². The molecular formula is C22H24ClNO3. The Morgan fingerprint density at radius 2 is 1.78 bits per heavy atom. The van der Waals surface area contributed by atoms with Crippen LogP contribution in [0, 0.1) is 13.8 Å². The number of carbonyl (C=O) groups excluding carboxylic acids is 2. The van der Waals surface area contributed by atoms with Gasteiger partial charge in [-0.15, -0.1) is 0 Å². The molecule has 1 aliphatic rings. The molecule has 4 nitrogen and oxygen atoms in total. The summed E-state index contributed by atoms with van der Waals surface area (Å²) in [6, 6.07) is 13.4. The van der Waals surface area contributed by atoms with Crippen molar-refractivity contribution in [1.82, 2.24) is 4.90 Å². The number of rotatable bonds is 6. The third kappa shape index (κ3) is 4.33. The third-order valence-corrected chi connectivity index (χ3v) is 5.45. The minimum atomic E-state index is -0.614. The highest BCUT2D eigenvalue weighted by Gasteiger charge is 2.52. The van der Waals surface area contributed by atoms with Crippen molar-refractivity contribution >= 4 is 23.5 Å². The summed E-state index contributed by atoms with van der Waals surface area (Å²) >= 11 is 5.92. The molecule has 0 saturated heterocycles. The molecule has 3 rings (SSSR count). The number of nitrogens with zero attached hydrogens (tertiary/aromatic N) is 1. The predicted octanol–water partition coefficient (Wildman–Crippen LogP) is 4.19. The van der Waals surface area contributed by atoms with Gasteiger partial charge in [0.2, 0.25) is 0 Å². The van der Waals surface area contributed by atoms with E-state index >= 15 is 0 Å². The molecule has 1 aliphatic carbocycles. The maximum absolute atomic E-state index is 12.6. The van der Waals surface area contributed by atoms with E-state index in [0.717, 1.165) is 29.5 Å². The molecule has 2 aromatic carbocycles. The van der Waals surface area contributed by atoms with Crippen LogP contribution in [0.25, 0.3) is 0 Å². The Bertz CT molecular complexity index is 856. The lowest BCUT2D eigenvalue weighted by molar-refractivity contribution is -0.154. The zero-order valence-electron chi connectivity index (χ0n) is 15.9. The molecule has 1 saturated carbocycles. The summed E-state index contributed by atoms with van der Waals surface area (Å²) in [5.74, 6) is -0.548. The van der Waals surface area contributed by atoms with Crippen LogP contribution in [0.2, 0.25) is 5.02 Å². The van der Waals surface area contributed by atoms with Crippen molar-refractivity contribution < 1.29 is 14.3 Å². The van der Waals surface area contributed by atoms with Crippen LogP contribution in [0.15, 0.2) is 42.5 Å².